The van der Waals surface area contributed by atoms with Crippen LogP contribution in [0, 0.1) is 6.92 Å². The topological polar surface area (TPSA) is 24.5 Å². The van der Waals surface area contributed by atoms with Crippen LogP contribution in [0.5, 0.6) is 5.75 Å². The first-order valence-corrected chi connectivity index (χ1v) is 7.47. The molecule has 6 heteroatoms. The van der Waals surface area contributed by atoms with Gasteiger partial charge in [-0.15, -0.1) is 0 Å². The van der Waals surface area contributed by atoms with E-state index in [1.54, 1.807) is 12.1 Å². The Bertz CT molecular complexity index is 662. The van der Waals surface area contributed by atoms with Crippen molar-refractivity contribution in [3.05, 3.63) is 59.7 Å². The molecule has 0 amide bonds. The number of benzene rings is 2. The number of hydrogen-bond donors (Lipinski definition) is 1. The Hall–Kier alpha value is -2.21. The van der Waals surface area contributed by atoms with E-state index in [0.717, 1.165) is 16.8 Å². The summed E-state index contributed by atoms with van der Waals surface area (Å²) in [5, 5.41) is 3.76. The molecule has 23 heavy (non-hydrogen) atoms. The van der Waals surface area contributed by atoms with E-state index < -0.39 is 6.61 Å². The van der Waals surface area contributed by atoms with Crippen LogP contribution in [0.4, 0.5) is 14.5 Å². The van der Waals surface area contributed by atoms with Gasteiger partial charge in [0, 0.05) is 19.3 Å². The van der Waals surface area contributed by atoms with E-state index in [4.69, 9.17) is 12.2 Å². The van der Waals surface area contributed by atoms with E-state index in [9.17, 15) is 8.78 Å². The fourth-order valence-electron chi connectivity index (χ4n) is 2.06. The van der Waals surface area contributed by atoms with E-state index in [0.29, 0.717) is 11.7 Å². The number of aryl methyl sites for hydroxylation is 1. The van der Waals surface area contributed by atoms with Crippen LogP contribution in [-0.2, 0) is 6.54 Å². The summed E-state index contributed by atoms with van der Waals surface area (Å²) in [5.74, 6) is 0.145. The lowest BCUT2D eigenvalue weighted by Crippen LogP contribution is -2.30. The Morgan fingerprint density at radius 3 is 2.52 bits per heavy atom. The zero-order chi connectivity index (χ0) is 16.8. The van der Waals surface area contributed by atoms with E-state index >= 15 is 0 Å². The van der Waals surface area contributed by atoms with Crippen molar-refractivity contribution in [1.29, 1.82) is 0 Å². The van der Waals surface area contributed by atoms with Gasteiger partial charge in [-0.1, -0.05) is 24.3 Å². The second-order valence-corrected chi connectivity index (χ2v) is 5.56. The minimum absolute atomic E-state index is 0.145. The van der Waals surface area contributed by atoms with Gasteiger partial charge in [0.05, 0.1) is 0 Å². The maximum absolute atomic E-state index is 12.1. The molecule has 0 saturated carbocycles. The molecule has 0 bridgehead atoms. The van der Waals surface area contributed by atoms with Gasteiger partial charge in [-0.3, -0.25) is 0 Å². The Balaban J connectivity index is 1.92. The molecule has 0 radical (unpaired) electrons. The first kappa shape index (κ1) is 17.1. The summed E-state index contributed by atoms with van der Waals surface area (Å²) in [6.45, 7) is -0.234. The molecule has 2 aromatic rings. The zero-order valence-corrected chi connectivity index (χ0v) is 13.7. The lowest BCUT2D eigenvalue weighted by atomic mass is 10.2. The number of nitrogens with one attached hydrogen (secondary N) is 1. The highest BCUT2D eigenvalue weighted by atomic mass is 32.1. The van der Waals surface area contributed by atoms with Crippen LogP contribution >= 0.6 is 12.2 Å². The molecule has 1 N–H and O–H groups in total. The van der Waals surface area contributed by atoms with Gasteiger partial charge in [0.1, 0.15) is 5.75 Å². The largest absolute Gasteiger partial charge is 0.435 e. The molecule has 0 aromatic heterocycles. The van der Waals surface area contributed by atoms with Crippen molar-refractivity contribution in [2.75, 3.05) is 12.4 Å². The number of alkyl halides is 2. The van der Waals surface area contributed by atoms with Crippen LogP contribution in [0.2, 0.25) is 0 Å². The fraction of sp³-hybridized carbons (Fsp3) is 0.235. The van der Waals surface area contributed by atoms with Gasteiger partial charge in [0.2, 0.25) is 0 Å². The Morgan fingerprint density at radius 2 is 1.91 bits per heavy atom. The number of anilines is 1. The number of rotatable bonds is 5. The van der Waals surface area contributed by atoms with Crippen molar-refractivity contribution in [2.24, 2.45) is 0 Å². The standard InChI is InChI=1S/C17H18F2N2OS/c1-12-4-3-5-14(10-12)20-17(23)21(2)11-13-6-8-15(9-7-13)22-16(18)19/h3-10,16H,11H2,1-2H3,(H,20,23). The molecule has 0 atom stereocenters. The minimum Gasteiger partial charge on any atom is -0.435 e. The molecule has 0 aliphatic rings. The van der Waals surface area contributed by atoms with Gasteiger partial charge in [-0.25, -0.2) is 0 Å². The Morgan fingerprint density at radius 1 is 1.22 bits per heavy atom. The predicted molar refractivity (Wildman–Crippen MR) is 91.9 cm³/mol. The summed E-state index contributed by atoms with van der Waals surface area (Å²) >= 11 is 5.37. The van der Waals surface area contributed by atoms with Crippen LogP contribution < -0.4 is 10.1 Å². The van der Waals surface area contributed by atoms with Crippen molar-refractivity contribution in [1.82, 2.24) is 4.90 Å². The Labute approximate surface area is 139 Å². The van der Waals surface area contributed by atoms with Gasteiger partial charge in [-0.05, 0) is 54.5 Å². The summed E-state index contributed by atoms with van der Waals surface area (Å²) < 4.78 is 28.6. The van der Waals surface area contributed by atoms with Gasteiger partial charge in [0.25, 0.3) is 0 Å². The second kappa shape index (κ2) is 7.87. The fourth-order valence-corrected chi connectivity index (χ4v) is 2.25. The maximum Gasteiger partial charge on any atom is 0.387 e. The molecule has 0 aliphatic heterocycles. The summed E-state index contributed by atoms with van der Waals surface area (Å²) in [4.78, 5) is 1.88. The van der Waals surface area contributed by atoms with Crippen molar-refractivity contribution in [3.8, 4) is 5.75 Å². The molecule has 2 rings (SSSR count). The van der Waals surface area contributed by atoms with Crippen LogP contribution in [0.25, 0.3) is 0 Å². The molecule has 0 fully saturated rings. The van der Waals surface area contributed by atoms with Gasteiger partial charge in [0.15, 0.2) is 5.11 Å². The third-order valence-corrected chi connectivity index (χ3v) is 3.60. The summed E-state index contributed by atoms with van der Waals surface area (Å²) in [6.07, 6.45) is 0. The average Bonchev–Trinajstić information content (AvgIpc) is 2.48. The first-order chi connectivity index (χ1) is 10.9. The van der Waals surface area contributed by atoms with Gasteiger partial charge in [-0.2, -0.15) is 8.78 Å². The summed E-state index contributed by atoms with van der Waals surface area (Å²) in [7, 11) is 1.87. The molecule has 3 nitrogen and oxygen atoms in total. The number of ether oxygens (including phenoxy) is 1. The molecule has 0 spiro atoms. The first-order valence-electron chi connectivity index (χ1n) is 7.06. The molecule has 122 valence electrons. The van der Waals surface area contributed by atoms with Crippen molar-refractivity contribution < 1.29 is 13.5 Å². The number of halogens is 2. The highest BCUT2D eigenvalue weighted by Crippen LogP contribution is 2.16. The van der Waals surface area contributed by atoms with Crippen molar-refractivity contribution in [3.63, 3.8) is 0 Å². The third kappa shape index (κ3) is 5.49. The lowest BCUT2D eigenvalue weighted by Gasteiger charge is -2.21. The van der Waals surface area contributed by atoms with E-state index in [1.807, 2.05) is 43.1 Å². The summed E-state index contributed by atoms with van der Waals surface area (Å²) in [5.41, 5.74) is 3.03. The van der Waals surface area contributed by atoms with Crippen LogP contribution in [0.1, 0.15) is 11.1 Å². The normalized spacial score (nSPS) is 10.5. The van der Waals surface area contributed by atoms with Crippen LogP contribution in [0.3, 0.4) is 0 Å². The maximum atomic E-state index is 12.1. The van der Waals surface area contributed by atoms with Crippen molar-refractivity contribution >= 4 is 23.0 Å². The minimum atomic E-state index is -2.81. The molecule has 0 heterocycles. The second-order valence-electron chi connectivity index (χ2n) is 5.18. The average molecular weight is 336 g/mol. The number of thiocarbonyl (C=S) groups is 1. The van der Waals surface area contributed by atoms with Crippen molar-refractivity contribution in [2.45, 2.75) is 20.1 Å². The molecule has 2 aromatic carbocycles. The molecular weight excluding hydrogens is 318 g/mol. The monoisotopic (exact) mass is 336 g/mol. The summed E-state index contributed by atoms with van der Waals surface area (Å²) in [6, 6.07) is 14.5. The van der Waals surface area contributed by atoms with Crippen LogP contribution in [-0.4, -0.2) is 23.7 Å². The molecule has 0 saturated heterocycles. The predicted octanol–water partition coefficient (Wildman–Crippen LogP) is 4.43. The third-order valence-electron chi connectivity index (χ3n) is 3.18. The highest BCUT2D eigenvalue weighted by molar-refractivity contribution is 7.80. The molecule has 0 aliphatic carbocycles. The van der Waals surface area contributed by atoms with Gasteiger partial charge >= 0.3 is 6.61 Å². The van der Waals surface area contributed by atoms with E-state index in [1.165, 1.54) is 12.1 Å². The Kier molecular flexibility index (Phi) is 5.87. The highest BCUT2D eigenvalue weighted by Gasteiger charge is 2.07. The smallest absolute Gasteiger partial charge is 0.387 e. The quantitative estimate of drug-likeness (QED) is 0.817. The van der Waals surface area contributed by atoms with E-state index in [-0.39, 0.29) is 5.75 Å². The van der Waals surface area contributed by atoms with Crippen LogP contribution in [0.15, 0.2) is 48.5 Å². The SMILES string of the molecule is Cc1cccc(NC(=S)N(C)Cc2ccc(OC(F)F)cc2)c1. The zero-order valence-electron chi connectivity index (χ0n) is 12.9. The van der Waals surface area contributed by atoms with E-state index in [2.05, 4.69) is 10.1 Å². The number of nitrogens with zero attached hydrogens (tertiary/aromatic N) is 1. The lowest BCUT2D eigenvalue weighted by molar-refractivity contribution is -0.0498. The van der Waals surface area contributed by atoms with Gasteiger partial charge < -0.3 is 15.0 Å². The number of hydrogen-bond acceptors (Lipinski definition) is 2. The molecular formula is C17H18F2N2OS. The molecule has 0 unspecified atom stereocenters.